The van der Waals surface area contributed by atoms with Crippen LogP contribution in [0.4, 0.5) is 17.1 Å². The molecular weight excluding hydrogens is 484 g/mol. The number of rotatable bonds is 10. The summed E-state index contributed by atoms with van der Waals surface area (Å²) in [4.78, 5) is 8.50. The first-order chi connectivity index (χ1) is 18.1. The average Bonchev–Trinajstić information content (AvgIpc) is 3.42. The fourth-order valence-electron chi connectivity index (χ4n) is 4.57. The van der Waals surface area contributed by atoms with Crippen LogP contribution in [-0.2, 0) is 6.42 Å². The van der Waals surface area contributed by atoms with Crippen LogP contribution in [0.2, 0.25) is 0 Å². The van der Waals surface area contributed by atoms with Gasteiger partial charge < -0.3 is 19.6 Å². The van der Waals surface area contributed by atoms with Crippen LogP contribution in [0.15, 0.2) is 76.5 Å². The highest BCUT2D eigenvalue weighted by atomic mass is 32.2. The second-order valence-corrected chi connectivity index (χ2v) is 9.97. The van der Waals surface area contributed by atoms with Gasteiger partial charge >= 0.3 is 0 Å². The Balaban J connectivity index is 1.31. The third kappa shape index (κ3) is 5.42. The maximum Gasteiger partial charge on any atom is 0.175 e. The molecule has 1 atom stereocenters. The van der Waals surface area contributed by atoms with Gasteiger partial charge in [-0.1, -0.05) is 23.9 Å². The molecule has 0 aliphatic carbocycles. The fraction of sp³-hybridized carbons (Fsp3) is 0.321. The van der Waals surface area contributed by atoms with Crippen molar-refractivity contribution in [3.05, 3.63) is 72.6 Å². The van der Waals surface area contributed by atoms with E-state index in [9.17, 15) is 5.11 Å². The number of anilines is 3. The molecule has 0 radical (unpaired) electrons. The maximum absolute atomic E-state index is 11.1. The van der Waals surface area contributed by atoms with Crippen molar-refractivity contribution in [1.82, 2.24) is 20.2 Å². The number of para-hydroxylation sites is 1. The van der Waals surface area contributed by atoms with Crippen LogP contribution in [0.1, 0.15) is 26.1 Å². The zero-order valence-corrected chi connectivity index (χ0v) is 22.2. The lowest BCUT2D eigenvalue weighted by Gasteiger charge is -2.35. The highest BCUT2D eigenvalue weighted by Gasteiger charge is 2.26. The van der Waals surface area contributed by atoms with Gasteiger partial charge in [-0.15, -0.1) is 15.0 Å². The molecule has 0 saturated carbocycles. The molecule has 192 valence electrons. The van der Waals surface area contributed by atoms with Crippen LogP contribution in [0.5, 0.6) is 5.75 Å². The number of aliphatic hydroxyl groups excluding tert-OH is 1. The maximum atomic E-state index is 11.1. The lowest BCUT2D eigenvalue weighted by molar-refractivity contribution is 0.172. The van der Waals surface area contributed by atoms with E-state index in [1.807, 2.05) is 24.3 Å². The van der Waals surface area contributed by atoms with E-state index in [4.69, 9.17) is 4.74 Å². The minimum Gasteiger partial charge on any atom is -0.497 e. The molecule has 3 aromatic carbocycles. The summed E-state index contributed by atoms with van der Waals surface area (Å²) < 4.78 is 5.21. The molecule has 0 saturated heterocycles. The van der Waals surface area contributed by atoms with Crippen molar-refractivity contribution in [3.63, 3.8) is 0 Å². The Labute approximate surface area is 221 Å². The number of hydrogen-bond acceptors (Lipinski definition) is 8. The van der Waals surface area contributed by atoms with Crippen molar-refractivity contribution in [1.29, 1.82) is 0 Å². The fourth-order valence-corrected chi connectivity index (χ4v) is 5.64. The Morgan fingerprint density at radius 2 is 1.73 bits per heavy atom. The molecule has 4 aromatic rings. The number of tetrazole rings is 1. The van der Waals surface area contributed by atoms with Crippen LogP contribution >= 0.6 is 11.8 Å². The Bertz CT molecular complexity index is 1340. The smallest absolute Gasteiger partial charge is 0.175 e. The lowest BCUT2D eigenvalue weighted by Crippen LogP contribution is -2.31. The zero-order chi connectivity index (χ0) is 25.8. The molecule has 2 heterocycles. The quantitative estimate of drug-likeness (QED) is 0.311. The number of aromatic nitrogens is 4. The van der Waals surface area contributed by atoms with E-state index in [1.54, 1.807) is 18.9 Å². The largest absolute Gasteiger partial charge is 0.497 e. The molecule has 1 N–H and O–H groups in total. The number of methoxy groups -OCH3 is 1. The summed E-state index contributed by atoms with van der Waals surface area (Å²) in [5.74, 6) is 1.38. The van der Waals surface area contributed by atoms with Gasteiger partial charge in [0.2, 0.25) is 0 Å². The van der Waals surface area contributed by atoms with E-state index in [1.165, 1.54) is 20.3 Å². The summed E-state index contributed by atoms with van der Waals surface area (Å²) in [7, 11) is 1.63. The third-order valence-corrected chi connectivity index (χ3v) is 7.72. The topological polar surface area (TPSA) is 79.5 Å². The number of fused-ring (bicyclic) bond motifs is 2. The van der Waals surface area contributed by atoms with Gasteiger partial charge in [-0.3, -0.25) is 0 Å². The molecule has 37 heavy (non-hydrogen) atoms. The highest BCUT2D eigenvalue weighted by Crippen LogP contribution is 2.49. The molecule has 1 aliphatic heterocycles. The second-order valence-electron chi connectivity index (χ2n) is 8.89. The molecule has 0 spiro atoms. The predicted octanol–water partition coefficient (Wildman–Crippen LogP) is 5.11. The van der Waals surface area contributed by atoms with Crippen LogP contribution in [-0.4, -0.2) is 58.2 Å². The molecule has 8 nitrogen and oxygen atoms in total. The van der Waals surface area contributed by atoms with Gasteiger partial charge in [0.1, 0.15) is 5.75 Å². The minimum atomic E-state index is -0.561. The summed E-state index contributed by atoms with van der Waals surface area (Å²) in [6.45, 7) is 6.73. The minimum absolute atomic E-state index is 0.485. The van der Waals surface area contributed by atoms with Crippen molar-refractivity contribution in [2.75, 3.05) is 36.5 Å². The van der Waals surface area contributed by atoms with Gasteiger partial charge in [0.05, 0.1) is 30.3 Å². The van der Waals surface area contributed by atoms with Gasteiger partial charge in [0.25, 0.3) is 0 Å². The predicted molar refractivity (Wildman–Crippen MR) is 148 cm³/mol. The first-order valence-corrected chi connectivity index (χ1v) is 13.5. The van der Waals surface area contributed by atoms with Gasteiger partial charge in [-0.05, 0) is 80.1 Å². The number of aliphatic hydroxyl groups is 1. The second kappa shape index (κ2) is 11.2. The molecule has 0 amide bonds. The van der Waals surface area contributed by atoms with Gasteiger partial charge in [-0.25, -0.2) is 0 Å². The van der Waals surface area contributed by atoms with E-state index in [-0.39, 0.29) is 0 Å². The van der Waals surface area contributed by atoms with Crippen molar-refractivity contribution >= 4 is 28.8 Å². The molecule has 1 aliphatic rings. The zero-order valence-electron chi connectivity index (χ0n) is 21.4. The molecule has 1 aromatic heterocycles. The Morgan fingerprint density at radius 1 is 0.973 bits per heavy atom. The summed E-state index contributed by atoms with van der Waals surface area (Å²) in [5.41, 5.74) is 4.26. The number of ether oxygens (including phenoxy) is 1. The van der Waals surface area contributed by atoms with Crippen molar-refractivity contribution in [2.24, 2.45) is 0 Å². The van der Waals surface area contributed by atoms with Crippen LogP contribution < -0.4 is 14.5 Å². The Hall–Kier alpha value is -3.56. The summed E-state index contributed by atoms with van der Waals surface area (Å²) >= 11 is 1.78. The van der Waals surface area contributed by atoms with Crippen LogP contribution in [0.3, 0.4) is 0 Å². The Morgan fingerprint density at radius 3 is 2.49 bits per heavy atom. The number of hydrogen-bond donors (Lipinski definition) is 1. The Kier molecular flexibility index (Phi) is 7.62. The summed E-state index contributed by atoms with van der Waals surface area (Å²) in [6, 6.07) is 22.5. The van der Waals surface area contributed by atoms with E-state index in [0.717, 1.165) is 35.9 Å². The molecule has 0 unspecified atom stereocenters. The average molecular weight is 517 g/mol. The monoisotopic (exact) mass is 516 g/mol. The molecule has 9 heteroatoms. The normalized spacial score (nSPS) is 13.1. The van der Waals surface area contributed by atoms with Crippen molar-refractivity contribution in [3.8, 4) is 11.4 Å². The van der Waals surface area contributed by atoms with E-state index < -0.39 is 6.10 Å². The van der Waals surface area contributed by atoms with Gasteiger partial charge in [0, 0.05) is 41.5 Å². The van der Waals surface area contributed by atoms with Gasteiger partial charge in [0.15, 0.2) is 5.82 Å². The van der Waals surface area contributed by atoms with Crippen LogP contribution in [0, 0.1) is 0 Å². The SMILES string of the molecule is CCN(CC)c1ccc2c(c1)N(C[C@@H](O)CCc1nnn(-c3ccc(OC)cc3)n1)c1ccccc1S2. The molecule has 0 bridgehead atoms. The van der Waals surface area contributed by atoms with Crippen LogP contribution in [0.25, 0.3) is 5.69 Å². The highest BCUT2D eigenvalue weighted by molar-refractivity contribution is 7.99. The number of β-amino-alcohol motifs (C(OH)–C–C–N with tert-alkyl or cyclic N) is 1. The van der Waals surface area contributed by atoms with E-state index in [0.29, 0.717) is 25.2 Å². The summed E-state index contributed by atoms with van der Waals surface area (Å²) in [5, 5.41) is 24.0. The third-order valence-electron chi connectivity index (χ3n) is 6.59. The van der Waals surface area contributed by atoms with E-state index >= 15 is 0 Å². The lowest BCUT2D eigenvalue weighted by atomic mass is 10.1. The summed E-state index contributed by atoms with van der Waals surface area (Å²) in [6.07, 6.45) is 0.507. The standard InChI is InChI=1S/C28H32N6O2S/c1-4-32(5-2)21-12-16-27-25(18-21)33(24-8-6-7-9-26(24)37-27)19-22(35)13-17-28-29-31-34(30-28)20-10-14-23(36-3)15-11-20/h6-12,14-16,18,22,35H,4-5,13,17,19H2,1-3H3/t22-/m0/s1. The molecule has 5 rings (SSSR count). The molecular formula is C28H32N6O2S. The molecule has 0 fully saturated rings. The van der Waals surface area contributed by atoms with E-state index in [2.05, 4.69) is 81.5 Å². The van der Waals surface area contributed by atoms with Crippen molar-refractivity contribution in [2.45, 2.75) is 42.6 Å². The number of aryl methyl sites for hydroxylation is 1. The van der Waals surface area contributed by atoms with Crippen molar-refractivity contribution < 1.29 is 9.84 Å². The van der Waals surface area contributed by atoms with Gasteiger partial charge in [-0.2, -0.15) is 0 Å². The first-order valence-electron chi connectivity index (χ1n) is 12.6. The number of benzene rings is 3. The first kappa shape index (κ1) is 25.1. The number of nitrogens with zero attached hydrogens (tertiary/aromatic N) is 6.